The van der Waals surface area contributed by atoms with Gasteiger partial charge in [0.05, 0.1) is 0 Å². The summed E-state index contributed by atoms with van der Waals surface area (Å²) in [6, 6.07) is 7.06. The van der Waals surface area contributed by atoms with Crippen LogP contribution in [0.2, 0.25) is 0 Å². The van der Waals surface area contributed by atoms with Gasteiger partial charge in [0.1, 0.15) is 11.7 Å². The Morgan fingerprint density at radius 2 is 2.04 bits per heavy atom. The second kappa shape index (κ2) is 7.08. The van der Waals surface area contributed by atoms with E-state index >= 15 is 0 Å². The molecule has 0 bridgehead atoms. The van der Waals surface area contributed by atoms with Crippen molar-refractivity contribution in [2.75, 3.05) is 32.7 Å². The van der Waals surface area contributed by atoms with Gasteiger partial charge in [0.2, 0.25) is 0 Å². The Kier molecular flexibility index (Phi) is 4.90. The van der Waals surface area contributed by atoms with Crippen molar-refractivity contribution in [3.63, 3.8) is 0 Å². The molecule has 3 heterocycles. The molecule has 1 fully saturated rings. The molecule has 1 atom stereocenters. The number of rotatable bonds is 4. The molecule has 1 amide bonds. The van der Waals surface area contributed by atoms with Gasteiger partial charge in [0.15, 0.2) is 0 Å². The lowest BCUT2D eigenvalue weighted by molar-refractivity contribution is 0.0531. The predicted molar refractivity (Wildman–Crippen MR) is 88.7 cm³/mol. The molecule has 1 aliphatic heterocycles. The van der Waals surface area contributed by atoms with Crippen LogP contribution < -0.4 is 5.56 Å². The molecule has 0 aromatic carbocycles. The SMILES string of the molecule is O=C(c1ccc[nH]c1=O)N1CCN(CC(O)c2cccs2)CC1. The van der Waals surface area contributed by atoms with Crippen molar-refractivity contribution in [1.82, 2.24) is 14.8 Å². The summed E-state index contributed by atoms with van der Waals surface area (Å²) in [6.45, 7) is 3.07. The molecule has 6 nitrogen and oxygen atoms in total. The number of aliphatic hydroxyl groups excluding tert-OH is 1. The second-order valence-electron chi connectivity index (χ2n) is 5.54. The number of β-amino-alcohol motifs (C(OH)–C–C–N with tert-alkyl or cyclic N) is 1. The van der Waals surface area contributed by atoms with Gasteiger partial charge in [-0.1, -0.05) is 6.07 Å². The van der Waals surface area contributed by atoms with E-state index in [4.69, 9.17) is 0 Å². The Bertz CT molecular complexity index is 705. The quantitative estimate of drug-likeness (QED) is 0.873. The first kappa shape index (κ1) is 15.9. The Morgan fingerprint density at radius 1 is 1.26 bits per heavy atom. The van der Waals surface area contributed by atoms with Crippen molar-refractivity contribution in [3.8, 4) is 0 Å². The van der Waals surface area contributed by atoms with Gasteiger partial charge in [-0.3, -0.25) is 14.5 Å². The van der Waals surface area contributed by atoms with Crippen LogP contribution >= 0.6 is 11.3 Å². The Labute approximate surface area is 138 Å². The lowest BCUT2D eigenvalue weighted by Crippen LogP contribution is -2.50. The zero-order valence-corrected chi connectivity index (χ0v) is 13.5. The number of aliphatic hydroxyl groups is 1. The van der Waals surface area contributed by atoms with Crippen LogP contribution in [0, 0.1) is 0 Å². The number of aromatic nitrogens is 1. The maximum Gasteiger partial charge on any atom is 0.260 e. The van der Waals surface area contributed by atoms with Crippen LogP contribution in [-0.2, 0) is 0 Å². The van der Waals surface area contributed by atoms with Gasteiger partial charge in [-0.25, -0.2) is 0 Å². The van der Waals surface area contributed by atoms with E-state index in [1.54, 1.807) is 28.4 Å². The molecule has 2 aromatic heterocycles. The summed E-state index contributed by atoms with van der Waals surface area (Å²) >= 11 is 1.54. The zero-order chi connectivity index (χ0) is 16.2. The summed E-state index contributed by atoms with van der Waals surface area (Å²) in [5.74, 6) is -0.231. The molecule has 0 radical (unpaired) electrons. The number of carbonyl (C=O) groups is 1. The minimum Gasteiger partial charge on any atom is -0.386 e. The number of nitrogens with one attached hydrogen (secondary N) is 1. The summed E-state index contributed by atoms with van der Waals surface area (Å²) in [7, 11) is 0. The third-order valence-electron chi connectivity index (χ3n) is 4.01. The lowest BCUT2D eigenvalue weighted by Gasteiger charge is -2.35. The summed E-state index contributed by atoms with van der Waals surface area (Å²) in [4.78, 5) is 31.4. The van der Waals surface area contributed by atoms with E-state index < -0.39 is 6.10 Å². The molecular weight excluding hydrogens is 314 g/mol. The van der Waals surface area contributed by atoms with Crippen LogP contribution in [0.1, 0.15) is 21.3 Å². The van der Waals surface area contributed by atoms with Crippen molar-refractivity contribution in [3.05, 3.63) is 56.6 Å². The number of piperazine rings is 1. The van der Waals surface area contributed by atoms with Crippen LogP contribution in [0.3, 0.4) is 0 Å². The number of pyridine rings is 1. The highest BCUT2D eigenvalue weighted by atomic mass is 32.1. The Balaban J connectivity index is 1.55. The summed E-state index contributed by atoms with van der Waals surface area (Å²) in [5, 5.41) is 12.1. The van der Waals surface area contributed by atoms with Crippen molar-refractivity contribution < 1.29 is 9.90 Å². The summed E-state index contributed by atoms with van der Waals surface area (Å²) < 4.78 is 0. The average Bonchev–Trinajstić information content (AvgIpc) is 3.10. The van der Waals surface area contributed by atoms with Crippen molar-refractivity contribution in [2.24, 2.45) is 0 Å². The number of hydrogen-bond acceptors (Lipinski definition) is 5. The van der Waals surface area contributed by atoms with Gasteiger partial charge in [0, 0.05) is 43.8 Å². The zero-order valence-electron chi connectivity index (χ0n) is 12.6. The molecule has 1 aliphatic rings. The number of carbonyl (C=O) groups excluding carboxylic acids is 1. The first-order valence-corrected chi connectivity index (χ1v) is 8.44. The monoisotopic (exact) mass is 333 g/mol. The molecule has 122 valence electrons. The van der Waals surface area contributed by atoms with E-state index in [2.05, 4.69) is 9.88 Å². The third kappa shape index (κ3) is 3.69. The van der Waals surface area contributed by atoms with Crippen molar-refractivity contribution in [1.29, 1.82) is 0 Å². The van der Waals surface area contributed by atoms with Crippen LogP contribution in [0.4, 0.5) is 0 Å². The van der Waals surface area contributed by atoms with Gasteiger partial charge in [-0.05, 0) is 23.6 Å². The number of aromatic amines is 1. The first-order valence-electron chi connectivity index (χ1n) is 7.56. The van der Waals surface area contributed by atoms with Gasteiger partial charge in [-0.2, -0.15) is 0 Å². The summed E-state index contributed by atoms with van der Waals surface area (Å²) in [5.41, 5.74) is -0.174. The van der Waals surface area contributed by atoms with Gasteiger partial charge < -0.3 is 15.0 Å². The molecule has 2 aromatic rings. The highest BCUT2D eigenvalue weighted by Gasteiger charge is 2.25. The van der Waals surface area contributed by atoms with Crippen molar-refractivity contribution >= 4 is 17.2 Å². The first-order chi connectivity index (χ1) is 11.1. The number of thiophene rings is 1. The molecule has 0 saturated carbocycles. The Morgan fingerprint density at radius 3 is 2.70 bits per heavy atom. The van der Waals surface area contributed by atoms with Gasteiger partial charge in [-0.15, -0.1) is 11.3 Å². The number of amides is 1. The molecule has 1 saturated heterocycles. The number of hydrogen-bond donors (Lipinski definition) is 2. The van der Waals surface area contributed by atoms with E-state index in [1.807, 2.05) is 17.5 Å². The molecule has 0 spiro atoms. The van der Waals surface area contributed by atoms with E-state index in [0.29, 0.717) is 32.7 Å². The molecule has 3 rings (SSSR count). The van der Waals surface area contributed by atoms with Crippen LogP contribution in [0.25, 0.3) is 0 Å². The third-order valence-corrected chi connectivity index (χ3v) is 4.98. The van der Waals surface area contributed by atoms with Crippen molar-refractivity contribution in [2.45, 2.75) is 6.10 Å². The Hall–Kier alpha value is -1.96. The largest absolute Gasteiger partial charge is 0.386 e. The molecular formula is C16H19N3O3S. The van der Waals surface area contributed by atoms with Crippen LogP contribution in [0.5, 0.6) is 0 Å². The van der Waals surface area contributed by atoms with E-state index in [9.17, 15) is 14.7 Å². The second-order valence-corrected chi connectivity index (χ2v) is 6.52. The fourth-order valence-electron chi connectivity index (χ4n) is 2.71. The van der Waals surface area contributed by atoms with Gasteiger partial charge >= 0.3 is 0 Å². The standard InChI is InChI=1S/C16H19N3O3S/c20-13(14-4-2-10-23-14)11-18-6-8-19(9-7-18)16(22)12-3-1-5-17-15(12)21/h1-5,10,13,20H,6-9,11H2,(H,17,21). The minimum atomic E-state index is -0.491. The number of H-pyrrole nitrogens is 1. The predicted octanol–water partition coefficient (Wildman–Crippen LogP) is 0.928. The maximum absolute atomic E-state index is 12.4. The average molecular weight is 333 g/mol. The topological polar surface area (TPSA) is 76.6 Å². The van der Waals surface area contributed by atoms with Gasteiger partial charge in [0.25, 0.3) is 11.5 Å². The minimum absolute atomic E-state index is 0.180. The molecule has 1 unspecified atom stereocenters. The molecule has 23 heavy (non-hydrogen) atoms. The molecule has 0 aliphatic carbocycles. The maximum atomic E-state index is 12.4. The molecule has 7 heteroatoms. The van der Waals surface area contributed by atoms with E-state index in [1.165, 1.54) is 6.20 Å². The fourth-order valence-corrected chi connectivity index (χ4v) is 3.41. The fraction of sp³-hybridized carbons (Fsp3) is 0.375. The highest BCUT2D eigenvalue weighted by Crippen LogP contribution is 2.20. The highest BCUT2D eigenvalue weighted by molar-refractivity contribution is 7.10. The van der Waals surface area contributed by atoms with E-state index in [-0.39, 0.29) is 17.0 Å². The lowest BCUT2D eigenvalue weighted by atomic mass is 10.2. The number of nitrogens with zero attached hydrogens (tertiary/aromatic N) is 2. The normalized spacial score (nSPS) is 17.2. The van der Waals surface area contributed by atoms with Crippen LogP contribution in [-0.4, -0.2) is 58.5 Å². The molecule has 2 N–H and O–H groups in total. The van der Waals surface area contributed by atoms with E-state index in [0.717, 1.165) is 4.88 Å². The van der Waals surface area contributed by atoms with Crippen LogP contribution in [0.15, 0.2) is 40.6 Å². The summed E-state index contributed by atoms with van der Waals surface area (Å²) in [6.07, 6.45) is 1.03. The smallest absolute Gasteiger partial charge is 0.260 e.